The normalized spacial score (nSPS) is 31.1. The molecule has 15 heavy (non-hydrogen) atoms. The standard InChI is InChI=1S/C11H17NO3/c1-2-7-12-9-6-4-3-5-8(9)10(13)15-11(12)14/h8-9H,2-7H2,1H3. The quantitative estimate of drug-likeness (QED) is 0.518. The Hall–Kier alpha value is -1.06. The minimum atomic E-state index is -0.440. The average molecular weight is 211 g/mol. The number of hydrogen-bond acceptors (Lipinski definition) is 3. The van der Waals surface area contributed by atoms with Crippen molar-refractivity contribution in [3.63, 3.8) is 0 Å². The number of nitrogens with zero attached hydrogens (tertiary/aromatic N) is 1. The van der Waals surface area contributed by atoms with Crippen LogP contribution in [0.4, 0.5) is 4.79 Å². The highest BCUT2D eigenvalue weighted by Gasteiger charge is 2.43. The summed E-state index contributed by atoms with van der Waals surface area (Å²) in [5.41, 5.74) is 0. The second-order valence-corrected chi connectivity index (χ2v) is 4.34. The number of rotatable bonds is 2. The minimum absolute atomic E-state index is 0.0667. The van der Waals surface area contributed by atoms with Crippen molar-refractivity contribution in [2.75, 3.05) is 6.54 Å². The molecule has 0 aromatic carbocycles. The lowest BCUT2D eigenvalue weighted by Crippen LogP contribution is -2.54. The van der Waals surface area contributed by atoms with Gasteiger partial charge in [0.1, 0.15) is 0 Å². The first-order valence-corrected chi connectivity index (χ1v) is 5.76. The van der Waals surface area contributed by atoms with E-state index in [2.05, 4.69) is 0 Å². The van der Waals surface area contributed by atoms with E-state index in [9.17, 15) is 9.59 Å². The van der Waals surface area contributed by atoms with Gasteiger partial charge in [0, 0.05) is 12.6 Å². The monoisotopic (exact) mass is 211 g/mol. The van der Waals surface area contributed by atoms with Crippen molar-refractivity contribution < 1.29 is 14.3 Å². The molecule has 1 saturated carbocycles. The van der Waals surface area contributed by atoms with Gasteiger partial charge in [-0.2, -0.15) is 0 Å². The van der Waals surface area contributed by atoms with Gasteiger partial charge in [-0.05, 0) is 19.3 Å². The summed E-state index contributed by atoms with van der Waals surface area (Å²) in [5.74, 6) is -0.375. The number of carbonyl (C=O) groups is 2. The summed E-state index contributed by atoms with van der Waals surface area (Å²) in [6.45, 7) is 2.73. The van der Waals surface area contributed by atoms with Gasteiger partial charge in [0.2, 0.25) is 0 Å². The largest absolute Gasteiger partial charge is 0.417 e. The van der Waals surface area contributed by atoms with E-state index in [1.54, 1.807) is 4.90 Å². The Kier molecular flexibility index (Phi) is 2.93. The predicted molar refractivity (Wildman–Crippen MR) is 54.2 cm³/mol. The molecule has 0 bridgehead atoms. The van der Waals surface area contributed by atoms with Crippen LogP contribution in [0.5, 0.6) is 0 Å². The van der Waals surface area contributed by atoms with Crippen molar-refractivity contribution in [3.05, 3.63) is 0 Å². The maximum atomic E-state index is 11.5. The van der Waals surface area contributed by atoms with E-state index in [0.717, 1.165) is 32.1 Å². The van der Waals surface area contributed by atoms with Crippen molar-refractivity contribution in [3.8, 4) is 0 Å². The van der Waals surface area contributed by atoms with Crippen molar-refractivity contribution in [1.29, 1.82) is 0 Å². The van der Waals surface area contributed by atoms with E-state index < -0.39 is 6.09 Å². The third-order valence-corrected chi connectivity index (χ3v) is 3.32. The Bertz CT molecular complexity index is 277. The Morgan fingerprint density at radius 1 is 1.33 bits per heavy atom. The fourth-order valence-corrected chi connectivity index (χ4v) is 2.61. The maximum Gasteiger partial charge on any atom is 0.417 e. The number of cyclic esters (lactones) is 2. The molecule has 0 aromatic heterocycles. The molecule has 2 atom stereocenters. The Morgan fingerprint density at radius 3 is 2.80 bits per heavy atom. The third kappa shape index (κ3) is 1.85. The second kappa shape index (κ2) is 4.21. The van der Waals surface area contributed by atoms with Crippen LogP contribution in [-0.4, -0.2) is 29.5 Å². The van der Waals surface area contributed by atoms with E-state index >= 15 is 0 Å². The van der Waals surface area contributed by atoms with Crippen LogP contribution in [0.15, 0.2) is 0 Å². The molecule has 2 aliphatic rings. The zero-order valence-corrected chi connectivity index (χ0v) is 9.07. The number of fused-ring (bicyclic) bond motifs is 1. The molecule has 1 aliphatic heterocycles. The lowest BCUT2D eigenvalue weighted by atomic mass is 9.83. The van der Waals surface area contributed by atoms with Gasteiger partial charge in [-0.1, -0.05) is 19.8 Å². The van der Waals surface area contributed by atoms with Gasteiger partial charge in [0.15, 0.2) is 0 Å². The topological polar surface area (TPSA) is 46.6 Å². The molecule has 2 rings (SSSR count). The molecule has 1 aliphatic carbocycles. The maximum absolute atomic E-state index is 11.5. The molecule has 4 nitrogen and oxygen atoms in total. The molecular weight excluding hydrogens is 194 g/mol. The SMILES string of the molecule is CCCN1C(=O)OC(=O)C2CCCCC21. The summed E-state index contributed by atoms with van der Waals surface area (Å²) in [6.07, 6.45) is 4.48. The smallest absolute Gasteiger partial charge is 0.376 e. The molecular formula is C11H17NO3. The highest BCUT2D eigenvalue weighted by atomic mass is 16.6. The summed E-state index contributed by atoms with van der Waals surface area (Å²) < 4.78 is 4.77. The summed E-state index contributed by atoms with van der Waals surface area (Å²) >= 11 is 0. The van der Waals surface area contributed by atoms with Crippen LogP contribution in [0.2, 0.25) is 0 Å². The van der Waals surface area contributed by atoms with Gasteiger partial charge in [-0.25, -0.2) is 4.79 Å². The Labute approximate surface area is 89.6 Å². The average Bonchev–Trinajstić information content (AvgIpc) is 2.24. The second-order valence-electron chi connectivity index (χ2n) is 4.34. The third-order valence-electron chi connectivity index (χ3n) is 3.32. The number of ether oxygens (including phenoxy) is 1. The van der Waals surface area contributed by atoms with Crippen LogP contribution >= 0.6 is 0 Å². The summed E-state index contributed by atoms with van der Waals surface area (Å²) in [4.78, 5) is 24.8. The lowest BCUT2D eigenvalue weighted by Gasteiger charge is -2.41. The molecule has 4 heteroatoms. The van der Waals surface area contributed by atoms with Crippen molar-refractivity contribution in [1.82, 2.24) is 4.90 Å². The predicted octanol–water partition coefficient (Wildman–Crippen LogP) is 1.93. The summed E-state index contributed by atoms with van der Waals surface area (Å²) in [5, 5.41) is 0. The van der Waals surface area contributed by atoms with E-state index in [0.29, 0.717) is 6.54 Å². The first-order valence-electron chi connectivity index (χ1n) is 5.76. The molecule has 0 N–H and O–H groups in total. The van der Waals surface area contributed by atoms with Crippen molar-refractivity contribution >= 4 is 12.1 Å². The van der Waals surface area contributed by atoms with Gasteiger partial charge < -0.3 is 9.64 Å². The van der Waals surface area contributed by atoms with Gasteiger partial charge >= 0.3 is 12.1 Å². The van der Waals surface area contributed by atoms with Gasteiger partial charge in [-0.3, -0.25) is 4.79 Å². The molecule has 1 heterocycles. The lowest BCUT2D eigenvalue weighted by molar-refractivity contribution is -0.152. The van der Waals surface area contributed by atoms with Crippen LogP contribution in [0.1, 0.15) is 39.0 Å². The Morgan fingerprint density at radius 2 is 2.07 bits per heavy atom. The molecule has 84 valence electrons. The molecule has 1 saturated heterocycles. The van der Waals surface area contributed by atoms with Crippen molar-refractivity contribution in [2.24, 2.45) is 5.92 Å². The van der Waals surface area contributed by atoms with E-state index in [4.69, 9.17) is 4.74 Å². The molecule has 2 unspecified atom stereocenters. The van der Waals surface area contributed by atoms with Crippen LogP contribution in [0, 0.1) is 5.92 Å². The number of carbonyl (C=O) groups excluding carboxylic acids is 2. The van der Waals surface area contributed by atoms with Crippen LogP contribution in [-0.2, 0) is 9.53 Å². The molecule has 0 spiro atoms. The first kappa shape index (κ1) is 10.5. The molecule has 0 aromatic rings. The zero-order valence-electron chi connectivity index (χ0n) is 9.07. The van der Waals surface area contributed by atoms with Crippen LogP contribution in [0.25, 0.3) is 0 Å². The van der Waals surface area contributed by atoms with Gasteiger partial charge in [0.05, 0.1) is 5.92 Å². The molecule has 0 radical (unpaired) electrons. The Balaban J connectivity index is 2.15. The van der Waals surface area contributed by atoms with Crippen LogP contribution < -0.4 is 0 Å². The molecule has 1 amide bonds. The van der Waals surface area contributed by atoms with Crippen molar-refractivity contribution in [2.45, 2.75) is 45.1 Å². The highest BCUT2D eigenvalue weighted by molar-refractivity contribution is 5.89. The fourth-order valence-electron chi connectivity index (χ4n) is 2.61. The van der Waals surface area contributed by atoms with E-state index in [-0.39, 0.29) is 17.9 Å². The van der Waals surface area contributed by atoms with Crippen LogP contribution in [0.3, 0.4) is 0 Å². The number of esters is 1. The summed E-state index contributed by atoms with van der Waals surface area (Å²) in [7, 11) is 0. The van der Waals surface area contributed by atoms with E-state index in [1.165, 1.54) is 0 Å². The van der Waals surface area contributed by atoms with Gasteiger partial charge in [0.25, 0.3) is 0 Å². The zero-order chi connectivity index (χ0) is 10.8. The summed E-state index contributed by atoms with van der Waals surface area (Å²) in [6, 6.07) is 0.104. The first-order chi connectivity index (χ1) is 7.24. The number of amides is 1. The number of hydrogen-bond donors (Lipinski definition) is 0. The highest BCUT2D eigenvalue weighted by Crippen LogP contribution is 2.33. The minimum Gasteiger partial charge on any atom is -0.376 e. The van der Waals surface area contributed by atoms with Gasteiger partial charge in [-0.15, -0.1) is 0 Å². The fraction of sp³-hybridized carbons (Fsp3) is 0.818. The molecule has 2 fully saturated rings. The van der Waals surface area contributed by atoms with E-state index in [1.807, 2.05) is 6.92 Å².